The Labute approximate surface area is 157 Å². The van der Waals surface area contributed by atoms with Crippen LogP contribution in [0.4, 0.5) is 4.39 Å². The molecular formula is C18H23ClFN5O. The fourth-order valence-corrected chi connectivity index (χ4v) is 3.28. The largest absolute Gasteiger partial charge is 0.370 e. The van der Waals surface area contributed by atoms with Crippen LogP contribution in [0.3, 0.4) is 0 Å². The fourth-order valence-electron chi connectivity index (χ4n) is 3.02. The van der Waals surface area contributed by atoms with E-state index in [2.05, 4.69) is 20.3 Å². The molecule has 0 radical (unpaired) electrons. The Kier molecular flexibility index (Phi) is 6.11. The molecule has 26 heavy (non-hydrogen) atoms. The van der Waals surface area contributed by atoms with E-state index in [9.17, 15) is 4.39 Å². The highest BCUT2D eigenvalue weighted by Gasteiger charge is 2.25. The minimum atomic E-state index is -0.322. The summed E-state index contributed by atoms with van der Waals surface area (Å²) in [6, 6.07) is 4.48. The Hall–Kier alpha value is -2.12. The smallest absolute Gasteiger partial charge is 0.193 e. The molecule has 2 heterocycles. The first-order valence-corrected chi connectivity index (χ1v) is 8.94. The van der Waals surface area contributed by atoms with E-state index in [0.717, 1.165) is 23.6 Å². The van der Waals surface area contributed by atoms with Gasteiger partial charge in [-0.15, -0.1) is 0 Å². The van der Waals surface area contributed by atoms with Gasteiger partial charge in [-0.25, -0.2) is 4.39 Å². The van der Waals surface area contributed by atoms with Crippen LogP contribution >= 0.6 is 11.6 Å². The van der Waals surface area contributed by atoms with Crippen molar-refractivity contribution in [1.29, 1.82) is 0 Å². The highest BCUT2D eigenvalue weighted by atomic mass is 35.5. The number of hydrogen-bond donors (Lipinski definition) is 1. The predicted molar refractivity (Wildman–Crippen MR) is 99.9 cm³/mol. The maximum absolute atomic E-state index is 13.1. The molecule has 1 fully saturated rings. The summed E-state index contributed by atoms with van der Waals surface area (Å²) in [6.45, 7) is 2.77. The number of guanidine groups is 1. The summed E-state index contributed by atoms with van der Waals surface area (Å²) in [7, 11) is 3.66. The van der Waals surface area contributed by atoms with Crippen LogP contribution in [0, 0.1) is 5.82 Å². The molecule has 0 spiro atoms. The maximum atomic E-state index is 13.1. The molecule has 6 nitrogen and oxygen atoms in total. The summed E-state index contributed by atoms with van der Waals surface area (Å²) < 4.78 is 20.8. The number of nitrogens with zero attached hydrogens (tertiary/aromatic N) is 4. The molecule has 1 unspecified atom stereocenters. The fraction of sp³-hybridized carbons (Fsp3) is 0.444. The van der Waals surface area contributed by atoms with E-state index in [4.69, 9.17) is 16.3 Å². The summed E-state index contributed by atoms with van der Waals surface area (Å²) >= 11 is 6.08. The van der Waals surface area contributed by atoms with Crippen LogP contribution in [0.1, 0.15) is 17.2 Å². The van der Waals surface area contributed by atoms with Gasteiger partial charge in [0, 0.05) is 44.0 Å². The van der Waals surface area contributed by atoms with Gasteiger partial charge in [0.2, 0.25) is 0 Å². The van der Waals surface area contributed by atoms with Crippen molar-refractivity contribution in [3.63, 3.8) is 0 Å². The van der Waals surface area contributed by atoms with Crippen LogP contribution in [-0.2, 0) is 18.2 Å². The third kappa shape index (κ3) is 4.53. The number of nitrogens with one attached hydrogen (secondary N) is 1. The lowest BCUT2D eigenvalue weighted by molar-refractivity contribution is -0.00800. The molecule has 1 N–H and O–H groups in total. The zero-order valence-electron chi connectivity index (χ0n) is 15.0. The van der Waals surface area contributed by atoms with E-state index in [1.165, 1.54) is 12.1 Å². The molecule has 0 aliphatic carbocycles. The van der Waals surface area contributed by atoms with Crippen molar-refractivity contribution in [1.82, 2.24) is 20.0 Å². The highest BCUT2D eigenvalue weighted by Crippen LogP contribution is 2.22. The topological polar surface area (TPSA) is 54.7 Å². The van der Waals surface area contributed by atoms with Crippen LogP contribution in [0.5, 0.6) is 0 Å². The van der Waals surface area contributed by atoms with Gasteiger partial charge in [0.25, 0.3) is 0 Å². The molecule has 0 bridgehead atoms. The van der Waals surface area contributed by atoms with Crippen molar-refractivity contribution in [2.24, 2.45) is 12.0 Å². The Balaban J connectivity index is 1.56. The van der Waals surface area contributed by atoms with Gasteiger partial charge in [0.05, 0.1) is 19.3 Å². The SMILES string of the molecule is CN=C(NCCc1ccc(F)cc1Cl)N1CCOC(c2cnn(C)c2)C1. The minimum absolute atomic E-state index is 0.0254. The van der Waals surface area contributed by atoms with E-state index in [1.807, 2.05) is 19.4 Å². The lowest BCUT2D eigenvalue weighted by Gasteiger charge is -2.34. The zero-order valence-corrected chi connectivity index (χ0v) is 15.7. The number of rotatable bonds is 4. The second kappa shape index (κ2) is 8.51. The Bertz CT molecular complexity index is 779. The molecule has 1 aliphatic heterocycles. The number of aromatic nitrogens is 2. The average Bonchev–Trinajstić information content (AvgIpc) is 3.07. The first-order valence-electron chi connectivity index (χ1n) is 8.56. The molecule has 140 valence electrons. The average molecular weight is 380 g/mol. The second-order valence-corrected chi connectivity index (χ2v) is 6.62. The van der Waals surface area contributed by atoms with Gasteiger partial charge < -0.3 is 15.0 Å². The Morgan fingerprint density at radius 2 is 2.35 bits per heavy atom. The van der Waals surface area contributed by atoms with Gasteiger partial charge in [-0.2, -0.15) is 5.10 Å². The molecule has 1 atom stereocenters. The second-order valence-electron chi connectivity index (χ2n) is 6.21. The first-order chi connectivity index (χ1) is 12.6. The van der Waals surface area contributed by atoms with Crippen molar-refractivity contribution in [3.05, 3.63) is 52.6 Å². The summed E-state index contributed by atoms with van der Waals surface area (Å²) in [5, 5.41) is 8.02. The monoisotopic (exact) mass is 379 g/mol. The third-order valence-corrected chi connectivity index (χ3v) is 4.72. The number of benzene rings is 1. The van der Waals surface area contributed by atoms with Gasteiger partial charge >= 0.3 is 0 Å². The number of aliphatic imine (C=N–C) groups is 1. The van der Waals surface area contributed by atoms with E-state index >= 15 is 0 Å². The van der Waals surface area contributed by atoms with Crippen LogP contribution in [0.2, 0.25) is 5.02 Å². The molecule has 0 saturated carbocycles. The summed E-state index contributed by atoms with van der Waals surface area (Å²) in [6.07, 6.45) is 4.47. The van der Waals surface area contributed by atoms with Gasteiger partial charge in [0.15, 0.2) is 5.96 Å². The van der Waals surface area contributed by atoms with Crippen LogP contribution in [0.25, 0.3) is 0 Å². The van der Waals surface area contributed by atoms with E-state index < -0.39 is 0 Å². The highest BCUT2D eigenvalue weighted by molar-refractivity contribution is 6.31. The molecule has 1 aromatic heterocycles. The molecule has 1 saturated heterocycles. The number of aryl methyl sites for hydroxylation is 1. The maximum Gasteiger partial charge on any atom is 0.193 e. The molecule has 0 amide bonds. The van der Waals surface area contributed by atoms with Crippen molar-refractivity contribution in [2.45, 2.75) is 12.5 Å². The van der Waals surface area contributed by atoms with Gasteiger partial charge in [-0.05, 0) is 24.1 Å². The van der Waals surface area contributed by atoms with Crippen LogP contribution < -0.4 is 5.32 Å². The van der Waals surface area contributed by atoms with Crippen LogP contribution in [-0.4, -0.2) is 53.9 Å². The quantitative estimate of drug-likeness (QED) is 0.654. The van der Waals surface area contributed by atoms with Crippen LogP contribution in [0.15, 0.2) is 35.6 Å². The lowest BCUT2D eigenvalue weighted by atomic mass is 10.1. The molecule has 8 heteroatoms. The number of ether oxygens (including phenoxy) is 1. The third-order valence-electron chi connectivity index (χ3n) is 4.37. The Morgan fingerprint density at radius 1 is 1.50 bits per heavy atom. The summed E-state index contributed by atoms with van der Waals surface area (Å²) in [4.78, 5) is 6.55. The molecule has 1 aliphatic rings. The van der Waals surface area contributed by atoms with Crippen molar-refractivity contribution < 1.29 is 9.13 Å². The minimum Gasteiger partial charge on any atom is -0.370 e. The van der Waals surface area contributed by atoms with Gasteiger partial charge in [-0.1, -0.05) is 17.7 Å². The van der Waals surface area contributed by atoms with E-state index in [0.29, 0.717) is 31.1 Å². The van der Waals surface area contributed by atoms with Gasteiger partial charge in [0.1, 0.15) is 11.9 Å². The van der Waals surface area contributed by atoms with Gasteiger partial charge in [-0.3, -0.25) is 9.67 Å². The molecule has 3 rings (SSSR count). The van der Waals surface area contributed by atoms with Crippen molar-refractivity contribution in [2.75, 3.05) is 33.3 Å². The number of halogens is 2. The molecule has 2 aromatic rings. The summed E-state index contributed by atoms with van der Waals surface area (Å²) in [5.74, 6) is 0.498. The number of hydrogen-bond acceptors (Lipinski definition) is 3. The van der Waals surface area contributed by atoms with E-state index in [-0.39, 0.29) is 11.9 Å². The standard InChI is InChI=1S/C18H23ClFN5O/c1-21-18(22-6-5-13-3-4-15(20)9-16(13)19)25-7-8-26-17(12-25)14-10-23-24(2)11-14/h3-4,9-11,17H,5-8,12H2,1-2H3,(H,21,22). The first kappa shape index (κ1) is 18.7. The summed E-state index contributed by atoms with van der Waals surface area (Å²) in [5.41, 5.74) is 1.97. The van der Waals surface area contributed by atoms with Crippen molar-refractivity contribution >= 4 is 17.6 Å². The zero-order chi connectivity index (χ0) is 18.5. The number of morpholine rings is 1. The molecular weight excluding hydrogens is 357 g/mol. The predicted octanol–water partition coefficient (Wildman–Crippen LogP) is 2.40. The molecule has 1 aromatic carbocycles. The Morgan fingerprint density at radius 3 is 3.04 bits per heavy atom. The lowest BCUT2D eigenvalue weighted by Crippen LogP contribution is -2.48. The normalized spacial score (nSPS) is 18.2. The van der Waals surface area contributed by atoms with E-state index in [1.54, 1.807) is 17.8 Å². The van der Waals surface area contributed by atoms with Crippen molar-refractivity contribution in [3.8, 4) is 0 Å².